The van der Waals surface area contributed by atoms with Crippen molar-refractivity contribution in [2.45, 2.75) is 25.5 Å². The van der Waals surface area contributed by atoms with Gasteiger partial charge >= 0.3 is 6.09 Å². The highest BCUT2D eigenvalue weighted by Gasteiger charge is 2.39. The molecule has 22 heavy (non-hydrogen) atoms. The summed E-state index contributed by atoms with van der Waals surface area (Å²) in [7, 11) is 0. The van der Waals surface area contributed by atoms with Crippen molar-refractivity contribution in [3.8, 4) is 0 Å². The van der Waals surface area contributed by atoms with Crippen LogP contribution in [0.2, 0.25) is 0 Å². The number of carbonyl (C=O) groups excluding carboxylic acids is 3. The molecular formula is C14H16N4O4. The van der Waals surface area contributed by atoms with E-state index in [1.807, 2.05) is 18.2 Å². The molecule has 0 saturated heterocycles. The summed E-state index contributed by atoms with van der Waals surface area (Å²) < 4.78 is 5.13. The zero-order valence-electron chi connectivity index (χ0n) is 11.8. The lowest BCUT2D eigenvalue weighted by Gasteiger charge is -2.21. The first-order valence-corrected chi connectivity index (χ1v) is 6.65. The van der Waals surface area contributed by atoms with Gasteiger partial charge in [0, 0.05) is 6.42 Å². The topological polar surface area (TPSA) is 128 Å². The fourth-order valence-corrected chi connectivity index (χ4v) is 2.05. The minimum atomic E-state index is -0.948. The maximum atomic E-state index is 12.1. The minimum Gasteiger partial charge on any atom is -0.444 e. The molecule has 1 aliphatic heterocycles. The second kappa shape index (κ2) is 6.70. The number of hydrogen-bond donors (Lipinski definition) is 2. The van der Waals surface area contributed by atoms with E-state index in [0.717, 1.165) is 10.5 Å². The predicted octanol–water partition coefficient (Wildman–Crippen LogP) is 0.114. The van der Waals surface area contributed by atoms with E-state index < -0.39 is 23.9 Å². The summed E-state index contributed by atoms with van der Waals surface area (Å²) in [5, 5.41) is 0. The van der Waals surface area contributed by atoms with E-state index in [2.05, 4.69) is 4.99 Å². The summed E-state index contributed by atoms with van der Waals surface area (Å²) in [5.74, 6) is -1.40. The molecule has 0 bridgehead atoms. The van der Waals surface area contributed by atoms with Gasteiger partial charge in [0.1, 0.15) is 12.6 Å². The number of carbonyl (C=O) groups is 3. The van der Waals surface area contributed by atoms with Gasteiger partial charge in [-0.1, -0.05) is 30.3 Å². The number of ether oxygens (including phenoxy) is 1. The number of nitrogens with two attached hydrogens (primary N) is 2. The van der Waals surface area contributed by atoms with E-state index in [0.29, 0.717) is 0 Å². The van der Waals surface area contributed by atoms with Gasteiger partial charge < -0.3 is 16.2 Å². The summed E-state index contributed by atoms with van der Waals surface area (Å²) in [6.45, 7) is 0.0418. The van der Waals surface area contributed by atoms with Crippen molar-refractivity contribution in [3.63, 3.8) is 0 Å². The lowest BCUT2D eigenvalue weighted by atomic mass is 10.1. The van der Waals surface area contributed by atoms with E-state index in [9.17, 15) is 14.4 Å². The molecule has 3 amide bonds. The van der Waals surface area contributed by atoms with Crippen molar-refractivity contribution in [2.75, 3.05) is 0 Å². The second-order valence-electron chi connectivity index (χ2n) is 4.74. The van der Waals surface area contributed by atoms with Crippen LogP contribution in [0.15, 0.2) is 35.3 Å². The molecule has 8 nitrogen and oxygen atoms in total. The highest BCUT2D eigenvalue weighted by atomic mass is 16.6. The number of aliphatic imine (C=N–C) groups is 1. The zero-order chi connectivity index (χ0) is 16.1. The first-order chi connectivity index (χ1) is 10.5. The molecular weight excluding hydrogens is 288 g/mol. The van der Waals surface area contributed by atoms with Crippen molar-refractivity contribution in [1.29, 1.82) is 0 Å². The molecule has 0 saturated carbocycles. The fourth-order valence-electron chi connectivity index (χ4n) is 2.05. The van der Waals surface area contributed by atoms with Gasteiger partial charge in [0.25, 0.3) is 5.91 Å². The minimum absolute atomic E-state index is 0.0418. The van der Waals surface area contributed by atoms with Crippen LogP contribution in [0.4, 0.5) is 4.79 Å². The average Bonchev–Trinajstić information content (AvgIpc) is 2.77. The van der Waals surface area contributed by atoms with Gasteiger partial charge in [0.15, 0.2) is 0 Å². The Morgan fingerprint density at radius 1 is 1.27 bits per heavy atom. The second-order valence-corrected chi connectivity index (χ2v) is 4.74. The van der Waals surface area contributed by atoms with E-state index in [-0.39, 0.29) is 25.4 Å². The van der Waals surface area contributed by atoms with Crippen LogP contribution in [0, 0.1) is 0 Å². The highest BCUT2D eigenvalue weighted by molar-refractivity contribution is 6.09. The SMILES string of the molecule is NC(=O)CCC1C(=O)N=C(N)N1C(=O)OCc1ccccc1. The third-order valence-corrected chi connectivity index (χ3v) is 3.13. The summed E-state index contributed by atoms with van der Waals surface area (Å²) in [4.78, 5) is 39.1. The Hall–Kier alpha value is -2.90. The Morgan fingerprint density at radius 2 is 1.95 bits per heavy atom. The van der Waals surface area contributed by atoms with Gasteiger partial charge in [-0.3, -0.25) is 9.59 Å². The molecule has 2 rings (SSSR count). The predicted molar refractivity (Wildman–Crippen MR) is 77.3 cm³/mol. The number of nitrogens with zero attached hydrogens (tertiary/aromatic N) is 2. The Labute approximate surface area is 126 Å². The highest BCUT2D eigenvalue weighted by Crippen LogP contribution is 2.17. The van der Waals surface area contributed by atoms with Crippen molar-refractivity contribution in [1.82, 2.24) is 4.90 Å². The van der Waals surface area contributed by atoms with E-state index in [1.165, 1.54) is 0 Å². The Balaban J connectivity index is 2.00. The molecule has 0 radical (unpaired) electrons. The van der Waals surface area contributed by atoms with Gasteiger partial charge in [-0.05, 0) is 12.0 Å². The first-order valence-electron chi connectivity index (χ1n) is 6.65. The summed E-state index contributed by atoms with van der Waals surface area (Å²) in [6.07, 6.45) is -0.786. The standard InChI is InChI=1S/C14H16N4O4/c15-11(19)7-6-10-12(20)17-13(16)18(10)14(21)22-8-9-4-2-1-3-5-9/h1-5,10H,6-8H2,(H2,15,19)(H2,16,17,20). The number of benzene rings is 1. The Bertz CT molecular complexity index is 615. The van der Waals surface area contributed by atoms with Crippen LogP contribution in [0.3, 0.4) is 0 Å². The summed E-state index contributed by atoms with van der Waals surface area (Å²) >= 11 is 0. The van der Waals surface area contributed by atoms with Gasteiger partial charge in [0.05, 0.1) is 0 Å². The molecule has 0 aliphatic carbocycles. The van der Waals surface area contributed by atoms with Crippen LogP contribution in [0.25, 0.3) is 0 Å². The lowest BCUT2D eigenvalue weighted by molar-refractivity contribution is -0.121. The first kappa shape index (κ1) is 15.5. The maximum Gasteiger partial charge on any atom is 0.417 e. The van der Waals surface area contributed by atoms with Crippen LogP contribution in [-0.4, -0.2) is 34.8 Å². The normalized spacial score (nSPS) is 17.3. The molecule has 1 aliphatic rings. The molecule has 1 aromatic carbocycles. The fraction of sp³-hybridized carbons (Fsp3) is 0.286. The third-order valence-electron chi connectivity index (χ3n) is 3.13. The van der Waals surface area contributed by atoms with Crippen molar-refractivity contribution in [3.05, 3.63) is 35.9 Å². The average molecular weight is 304 g/mol. The molecule has 1 unspecified atom stereocenters. The van der Waals surface area contributed by atoms with Gasteiger partial charge in [0.2, 0.25) is 11.9 Å². The number of primary amides is 1. The van der Waals surface area contributed by atoms with Crippen LogP contribution in [-0.2, 0) is 20.9 Å². The molecule has 116 valence electrons. The molecule has 1 heterocycles. The lowest BCUT2D eigenvalue weighted by Crippen LogP contribution is -2.46. The molecule has 0 spiro atoms. The largest absolute Gasteiger partial charge is 0.444 e. The Morgan fingerprint density at radius 3 is 2.59 bits per heavy atom. The van der Waals surface area contributed by atoms with Crippen molar-refractivity contribution >= 4 is 23.9 Å². The van der Waals surface area contributed by atoms with Gasteiger partial charge in [-0.25, -0.2) is 9.69 Å². The number of amides is 3. The molecule has 0 aromatic heterocycles. The molecule has 4 N–H and O–H groups in total. The zero-order valence-corrected chi connectivity index (χ0v) is 11.8. The number of guanidine groups is 1. The maximum absolute atomic E-state index is 12.1. The smallest absolute Gasteiger partial charge is 0.417 e. The quantitative estimate of drug-likeness (QED) is 0.798. The van der Waals surface area contributed by atoms with Crippen molar-refractivity contribution in [2.24, 2.45) is 16.5 Å². The third kappa shape index (κ3) is 3.60. The van der Waals surface area contributed by atoms with Crippen LogP contribution in [0.1, 0.15) is 18.4 Å². The van der Waals surface area contributed by atoms with Crippen LogP contribution < -0.4 is 11.5 Å². The molecule has 1 aromatic rings. The van der Waals surface area contributed by atoms with Crippen molar-refractivity contribution < 1.29 is 19.1 Å². The summed E-state index contributed by atoms with van der Waals surface area (Å²) in [5.41, 5.74) is 11.4. The number of rotatable bonds is 5. The van der Waals surface area contributed by atoms with E-state index in [1.54, 1.807) is 12.1 Å². The van der Waals surface area contributed by atoms with Crippen LogP contribution in [0.5, 0.6) is 0 Å². The monoisotopic (exact) mass is 304 g/mol. The number of hydrogen-bond acceptors (Lipinski definition) is 5. The summed E-state index contributed by atoms with van der Waals surface area (Å²) in [6, 6.07) is 8.11. The molecule has 0 fully saturated rings. The molecule has 8 heteroatoms. The molecule has 1 atom stereocenters. The Kier molecular flexibility index (Phi) is 4.72. The van der Waals surface area contributed by atoms with Gasteiger partial charge in [-0.2, -0.15) is 4.99 Å². The van der Waals surface area contributed by atoms with E-state index >= 15 is 0 Å². The van der Waals surface area contributed by atoms with Gasteiger partial charge in [-0.15, -0.1) is 0 Å². The van der Waals surface area contributed by atoms with E-state index in [4.69, 9.17) is 16.2 Å². The van der Waals surface area contributed by atoms with Crippen LogP contribution >= 0.6 is 0 Å².